The Morgan fingerprint density at radius 1 is 1.35 bits per heavy atom. The Hall–Kier alpha value is -1.18. The first-order valence-electron chi connectivity index (χ1n) is 6.67. The minimum Gasteiger partial charge on any atom is -0.389 e. The van der Waals surface area contributed by atoms with Gasteiger partial charge in [0.25, 0.3) is 10.0 Å². The standard InChI is InChI=1S/C13H23N3O3S/c1-4-5-9-14-11-7-6-8-12(16-11)20(18,19)15-10-13(2,3)17/h6-8,15,17H,4-5,9-10H2,1-3H3,(H,14,16). The molecule has 3 N–H and O–H groups in total. The third-order valence-corrected chi connectivity index (χ3v) is 3.83. The SMILES string of the molecule is CCCCNc1cccc(S(=O)(=O)NCC(C)(C)O)n1. The molecule has 1 aromatic rings. The van der Waals surface area contributed by atoms with E-state index >= 15 is 0 Å². The summed E-state index contributed by atoms with van der Waals surface area (Å²) in [5, 5.41) is 12.6. The number of hydrogen-bond acceptors (Lipinski definition) is 5. The van der Waals surface area contributed by atoms with Crippen LogP contribution in [0.1, 0.15) is 33.6 Å². The molecule has 1 heterocycles. The van der Waals surface area contributed by atoms with E-state index in [1.54, 1.807) is 12.1 Å². The highest BCUT2D eigenvalue weighted by atomic mass is 32.2. The van der Waals surface area contributed by atoms with Crippen LogP contribution < -0.4 is 10.0 Å². The molecule has 6 nitrogen and oxygen atoms in total. The molecule has 0 bridgehead atoms. The zero-order valence-electron chi connectivity index (χ0n) is 12.2. The van der Waals surface area contributed by atoms with Gasteiger partial charge in [0, 0.05) is 13.1 Å². The van der Waals surface area contributed by atoms with Gasteiger partial charge in [0.1, 0.15) is 5.82 Å². The van der Waals surface area contributed by atoms with Crippen LogP contribution in [-0.2, 0) is 10.0 Å². The molecular formula is C13H23N3O3S. The average molecular weight is 301 g/mol. The van der Waals surface area contributed by atoms with E-state index in [-0.39, 0.29) is 11.6 Å². The maximum atomic E-state index is 12.0. The van der Waals surface area contributed by atoms with Crippen molar-refractivity contribution in [1.29, 1.82) is 0 Å². The van der Waals surface area contributed by atoms with Crippen LogP contribution in [0.2, 0.25) is 0 Å². The topological polar surface area (TPSA) is 91.3 Å². The van der Waals surface area contributed by atoms with E-state index in [1.807, 2.05) is 0 Å². The van der Waals surface area contributed by atoms with Crippen molar-refractivity contribution in [3.05, 3.63) is 18.2 Å². The van der Waals surface area contributed by atoms with Gasteiger partial charge in [-0.05, 0) is 32.4 Å². The van der Waals surface area contributed by atoms with Crippen LogP contribution in [0.3, 0.4) is 0 Å². The highest BCUT2D eigenvalue weighted by Gasteiger charge is 2.20. The van der Waals surface area contributed by atoms with Crippen LogP contribution in [0, 0.1) is 0 Å². The number of nitrogens with one attached hydrogen (secondary N) is 2. The number of pyridine rings is 1. The van der Waals surface area contributed by atoms with E-state index in [9.17, 15) is 13.5 Å². The Bertz CT molecular complexity index is 524. The Morgan fingerprint density at radius 3 is 2.65 bits per heavy atom. The molecule has 0 aliphatic carbocycles. The molecule has 0 aliphatic rings. The molecule has 0 aliphatic heterocycles. The molecule has 0 atom stereocenters. The van der Waals surface area contributed by atoms with Crippen LogP contribution in [0.5, 0.6) is 0 Å². The number of nitrogens with zero attached hydrogens (tertiary/aromatic N) is 1. The summed E-state index contributed by atoms with van der Waals surface area (Å²) in [4.78, 5) is 4.07. The summed E-state index contributed by atoms with van der Waals surface area (Å²) in [6, 6.07) is 4.79. The fourth-order valence-electron chi connectivity index (χ4n) is 1.40. The van der Waals surface area contributed by atoms with Gasteiger partial charge < -0.3 is 10.4 Å². The number of rotatable bonds is 8. The summed E-state index contributed by atoms with van der Waals surface area (Å²) >= 11 is 0. The Balaban J connectivity index is 2.77. The number of anilines is 1. The zero-order valence-corrected chi connectivity index (χ0v) is 13.0. The highest BCUT2D eigenvalue weighted by Crippen LogP contribution is 2.11. The van der Waals surface area contributed by atoms with Crippen molar-refractivity contribution in [2.45, 2.75) is 44.2 Å². The number of aromatic nitrogens is 1. The molecule has 0 spiro atoms. The van der Waals surface area contributed by atoms with E-state index in [0.29, 0.717) is 5.82 Å². The number of unbranched alkanes of at least 4 members (excludes halogenated alkanes) is 1. The lowest BCUT2D eigenvalue weighted by molar-refractivity contribution is 0.0857. The summed E-state index contributed by atoms with van der Waals surface area (Å²) in [5.74, 6) is 0.532. The Kier molecular flexibility index (Phi) is 5.91. The lowest BCUT2D eigenvalue weighted by Gasteiger charge is -2.17. The fraction of sp³-hybridized carbons (Fsp3) is 0.615. The molecule has 7 heteroatoms. The van der Waals surface area contributed by atoms with Crippen molar-refractivity contribution in [3.63, 3.8) is 0 Å². The van der Waals surface area contributed by atoms with Crippen molar-refractivity contribution in [2.75, 3.05) is 18.4 Å². The lowest BCUT2D eigenvalue weighted by atomic mass is 10.1. The number of aliphatic hydroxyl groups is 1. The molecule has 114 valence electrons. The summed E-state index contributed by atoms with van der Waals surface area (Å²) in [6.45, 7) is 5.84. The molecule has 0 saturated heterocycles. The van der Waals surface area contributed by atoms with Gasteiger partial charge in [0.2, 0.25) is 0 Å². The summed E-state index contributed by atoms with van der Waals surface area (Å²) in [5.41, 5.74) is -1.11. The molecule has 0 unspecified atom stereocenters. The second-order valence-corrected chi connectivity index (χ2v) is 6.99. The molecule has 1 rings (SSSR count). The normalized spacial score (nSPS) is 12.4. The van der Waals surface area contributed by atoms with Crippen molar-refractivity contribution < 1.29 is 13.5 Å². The predicted molar refractivity (Wildman–Crippen MR) is 79.1 cm³/mol. The first kappa shape index (κ1) is 16.9. The van der Waals surface area contributed by atoms with Gasteiger partial charge in [0.15, 0.2) is 5.03 Å². The third-order valence-electron chi connectivity index (χ3n) is 2.53. The second kappa shape index (κ2) is 7.01. The highest BCUT2D eigenvalue weighted by molar-refractivity contribution is 7.89. The van der Waals surface area contributed by atoms with Crippen molar-refractivity contribution >= 4 is 15.8 Å². The minimum absolute atomic E-state index is 0.0525. The monoisotopic (exact) mass is 301 g/mol. The van der Waals surface area contributed by atoms with Crippen LogP contribution in [0.15, 0.2) is 23.2 Å². The van der Waals surface area contributed by atoms with Crippen molar-refractivity contribution in [3.8, 4) is 0 Å². The van der Waals surface area contributed by atoms with Gasteiger partial charge in [-0.15, -0.1) is 0 Å². The Morgan fingerprint density at radius 2 is 2.05 bits per heavy atom. The predicted octanol–water partition coefficient (Wildman–Crippen LogP) is 1.34. The van der Waals surface area contributed by atoms with Gasteiger partial charge >= 0.3 is 0 Å². The van der Waals surface area contributed by atoms with E-state index < -0.39 is 15.6 Å². The van der Waals surface area contributed by atoms with Crippen LogP contribution in [-0.4, -0.2) is 37.2 Å². The molecule has 20 heavy (non-hydrogen) atoms. The van der Waals surface area contributed by atoms with E-state index in [0.717, 1.165) is 19.4 Å². The third kappa shape index (κ3) is 5.85. The molecule has 0 aromatic carbocycles. The molecular weight excluding hydrogens is 278 g/mol. The second-order valence-electron chi connectivity index (χ2n) is 5.28. The van der Waals surface area contributed by atoms with E-state index in [2.05, 4.69) is 21.9 Å². The maximum absolute atomic E-state index is 12.0. The zero-order chi connectivity index (χ0) is 15.2. The largest absolute Gasteiger partial charge is 0.389 e. The van der Waals surface area contributed by atoms with Gasteiger partial charge in [-0.1, -0.05) is 19.4 Å². The van der Waals surface area contributed by atoms with E-state index in [4.69, 9.17) is 0 Å². The summed E-state index contributed by atoms with van der Waals surface area (Å²) in [7, 11) is -3.71. The molecule has 1 aromatic heterocycles. The van der Waals surface area contributed by atoms with Crippen LogP contribution in [0.25, 0.3) is 0 Å². The first-order valence-corrected chi connectivity index (χ1v) is 8.16. The quantitative estimate of drug-likeness (QED) is 0.630. The fourth-order valence-corrected chi connectivity index (χ4v) is 2.57. The van der Waals surface area contributed by atoms with Gasteiger partial charge in [0.05, 0.1) is 5.60 Å². The smallest absolute Gasteiger partial charge is 0.258 e. The first-order chi connectivity index (χ1) is 9.24. The van der Waals surface area contributed by atoms with Crippen molar-refractivity contribution in [2.24, 2.45) is 0 Å². The maximum Gasteiger partial charge on any atom is 0.258 e. The molecule has 0 radical (unpaired) electrons. The minimum atomic E-state index is -3.71. The van der Waals surface area contributed by atoms with Gasteiger partial charge in [-0.25, -0.2) is 18.1 Å². The van der Waals surface area contributed by atoms with E-state index in [1.165, 1.54) is 19.9 Å². The van der Waals surface area contributed by atoms with Gasteiger partial charge in [-0.2, -0.15) is 0 Å². The average Bonchev–Trinajstić information content (AvgIpc) is 2.37. The lowest BCUT2D eigenvalue weighted by Crippen LogP contribution is -2.38. The molecule has 0 fully saturated rings. The molecule has 0 amide bonds. The number of sulfonamides is 1. The summed E-state index contributed by atoms with van der Waals surface area (Å²) in [6.07, 6.45) is 2.05. The van der Waals surface area contributed by atoms with Crippen molar-refractivity contribution in [1.82, 2.24) is 9.71 Å². The number of hydrogen-bond donors (Lipinski definition) is 3. The van der Waals surface area contributed by atoms with Gasteiger partial charge in [-0.3, -0.25) is 0 Å². The van der Waals surface area contributed by atoms with Crippen LogP contribution in [0.4, 0.5) is 5.82 Å². The molecule has 0 saturated carbocycles. The Labute approximate surface area is 120 Å². The summed E-state index contributed by atoms with van der Waals surface area (Å²) < 4.78 is 26.4. The van der Waals surface area contributed by atoms with Crippen LogP contribution >= 0.6 is 0 Å².